The zero-order valence-corrected chi connectivity index (χ0v) is 12.0. The van der Waals surface area contributed by atoms with Crippen LogP contribution in [0.5, 0.6) is 0 Å². The van der Waals surface area contributed by atoms with E-state index in [4.69, 9.17) is 5.73 Å². The molecule has 1 aliphatic heterocycles. The van der Waals surface area contributed by atoms with Gasteiger partial charge < -0.3 is 10.6 Å². The molecule has 0 aromatic heterocycles. The Morgan fingerprint density at radius 3 is 2.50 bits per heavy atom. The van der Waals surface area contributed by atoms with Gasteiger partial charge in [0.1, 0.15) is 0 Å². The number of allylic oxidation sites excluding steroid dienone is 2. The summed E-state index contributed by atoms with van der Waals surface area (Å²) in [6.07, 6.45) is 7.40. The van der Waals surface area contributed by atoms with Crippen molar-refractivity contribution in [1.82, 2.24) is 4.90 Å². The Morgan fingerprint density at radius 1 is 1.20 bits per heavy atom. The summed E-state index contributed by atoms with van der Waals surface area (Å²) in [6, 6.07) is 10.3. The number of rotatable bonds is 3. The largest absolute Gasteiger partial charge is 0.339 e. The van der Waals surface area contributed by atoms with E-state index in [-0.39, 0.29) is 11.9 Å². The van der Waals surface area contributed by atoms with Crippen molar-refractivity contribution in [2.45, 2.75) is 25.8 Å². The SMILES string of the molecule is CC(/C=C/C(=O)N1CCC(N)CC1)=C\c1ccccc1. The maximum atomic E-state index is 12.0. The first-order valence-electron chi connectivity index (χ1n) is 7.11. The normalized spacial score (nSPS) is 17.7. The third kappa shape index (κ3) is 4.35. The van der Waals surface area contributed by atoms with Gasteiger partial charge in [-0.25, -0.2) is 0 Å². The fourth-order valence-electron chi connectivity index (χ4n) is 2.29. The predicted molar refractivity (Wildman–Crippen MR) is 83.0 cm³/mol. The molecule has 1 amide bonds. The zero-order valence-electron chi connectivity index (χ0n) is 12.0. The molecule has 0 unspecified atom stereocenters. The molecule has 3 nitrogen and oxygen atoms in total. The molecule has 1 saturated heterocycles. The van der Waals surface area contributed by atoms with Crippen LogP contribution in [0.3, 0.4) is 0 Å². The van der Waals surface area contributed by atoms with E-state index in [0.29, 0.717) is 0 Å². The monoisotopic (exact) mass is 270 g/mol. The Bertz CT molecular complexity index is 497. The smallest absolute Gasteiger partial charge is 0.246 e. The number of piperidine rings is 1. The third-order valence-electron chi connectivity index (χ3n) is 3.53. The average Bonchev–Trinajstić information content (AvgIpc) is 2.46. The molecule has 0 aliphatic carbocycles. The first kappa shape index (κ1) is 14.5. The summed E-state index contributed by atoms with van der Waals surface area (Å²) < 4.78 is 0. The standard InChI is InChI=1S/C17H22N2O/c1-14(13-15-5-3-2-4-6-15)7-8-17(20)19-11-9-16(18)10-12-19/h2-8,13,16H,9-12,18H2,1H3/b8-7+,14-13+. The lowest BCUT2D eigenvalue weighted by molar-refractivity contribution is -0.127. The number of likely N-dealkylation sites (tertiary alicyclic amines) is 1. The molecule has 0 radical (unpaired) electrons. The van der Waals surface area contributed by atoms with Gasteiger partial charge in [-0.2, -0.15) is 0 Å². The fraction of sp³-hybridized carbons (Fsp3) is 0.353. The van der Waals surface area contributed by atoms with Crippen LogP contribution < -0.4 is 5.73 Å². The van der Waals surface area contributed by atoms with E-state index >= 15 is 0 Å². The molecule has 3 heteroatoms. The number of hydrogen-bond donors (Lipinski definition) is 1. The van der Waals surface area contributed by atoms with Crippen LogP contribution in [0.2, 0.25) is 0 Å². The highest BCUT2D eigenvalue weighted by Gasteiger charge is 2.18. The molecule has 2 N–H and O–H groups in total. The quantitative estimate of drug-likeness (QED) is 0.678. The zero-order chi connectivity index (χ0) is 14.4. The molecule has 0 saturated carbocycles. The Morgan fingerprint density at radius 2 is 1.85 bits per heavy atom. The lowest BCUT2D eigenvalue weighted by Gasteiger charge is -2.29. The number of carbonyl (C=O) groups is 1. The van der Waals surface area contributed by atoms with Crippen LogP contribution in [0.15, 0.2) is 48.1 Å². The minimum Gasteiger partial charge on any atom is -0.339 e. The predicted octanol–water partition coefficient (Wildman–Crippen LogP) is 2.60. The Labute approximate surface area is 120 Å². The minimum absolute atomic E-state index is 0.0812. The van der Waals surface area contributed by atoms with Crippen molar-refractivity contribution < 1.29 is 4.79 Å². The highest BCUT2D eigenvalue weighted by Crippen LogP contribution is 2.10. The third-order valence-corrected chi connectivity index (χ3v) is 3.53. The number of amides is 1. The molecular formula is C17H22N2O. The van der Waals surface area contributed by atoms with E-state index in [1.54, 1.807) is 6.08 Å². The van der Waals surface area contributed by atoms with Crippen molar-refractivity contribution in [3.63, 3.8) is 0 Å². The van der Waals surface area contributed by atoms with Gasteiger partial charge in [-0.3, -0.25) is 4.79 Å². The Balaban J connectivity index is 1.92. The molecule has 1 heterocycles. The molecule has 1 aliphatic rings. The summed E-state index contributed by atoms with van der Waals surface area (Å²) in [7, 11) is 0. The van der Waals surface area contributed by atoms with E-state index in [1.165, 1.54) is 0 Å². The second-order valence-corrected chi connectivity index (χ2v) is 5.30. The topological polar surface area (TPSA) is 46.3 Å². The summed E-state index contributed by atoms with van der Waals surface area (Å²) in [4.78, 5) is 13.9. The molecule has 2 rings (SSSR count). The van der Waals surface area contributed by atoms with Crippen LogP contribution >= 0.6 is 0 Å². The molecule has 0 bridgehead atoms. The number of nitrogens with zero attached hydrogens (tertiary/aromatic N) is 1. The molecule has 20 heavy (non-hydrogen) atoms. The number of hydrogen-bond acceptors (Lipinski definition) is 2. The number of nitrogens with two attached hydrogens (primary N) is 1. The van der Waals surface area contributed by atoms with Gasteiger partial charge in [-0.15, -0.1) is 0 Å². The molecule has 1 aromatic carbocycles. The van der Waals surface area contributed by atoms with Gasteiger partial charge in [0.05, 0.1) is 0 Å². The molecule has 1 fully saturated rings. The molecule has 106 valence electrons. The Kier molecular flexibility index (Phi) is 5.13. The Hall–Kier alpha value is -1.87. The number of carbonyl (C=O) groups excluding carboxylic acids is 1. The second kappa shape index (κ2) is 7.06. The maximum absolute atomic E-state index is 12.0. The van der Waals surface area contributed by atoms with E-state index < -0.39 is 0 Å². The van der Waals surface area contributed by atoms with Gasteiger partial charge in [0.15, 0.2) is 0 Å². The van der Waals surface area contributed by atoms with Gasteiger partial charge in [-0.1, -0.05) is 48.1 Å². The molecule has 1 aromatic rings. The van der Waals surface area contributed by atoms with E-state index in [2.05, 4.69) is 6.08 Å². The van der Waals surface area contributed by atoms with Crippen LogP contribution in [0, 0.1) is 0 Å². The fourth-order valence-corrected chi connectivity index (χ4v) is 2.29. The van der Waals surface area contributed by atoms with Crippen molar-refractivity contribution >= 4 is 12.0 Å². The number of benzene rings is 1. The van der Waals surface area contributed by atoms with Crippen LogP contribution in [-0.2, 0) is 4.79 Å². The van der Waals surface area contributed by atoms with Crippen molar-refractivity contribution in [2.24, 2.45) is 5.73 Å². The van der Waals surface area contributed by atoms with Crippen molar-refractivity contribution in [2.75, 3.05) is 13.1 Å². The van der Waals surface area contributed by atoms with Crippen LogP contribution in [-0.4, -0.2) is 29.9 Å². The lowest BCUT2D eigenvalue weighted by Crippen LogP contribution is -2.42. The first-order valence-corrected chi connectivity index (χ1v) is 7.11. The summed E-state index contributed by atoms with van der Waals surface area (Å²) in [5.41, 5.74) is 8.05. The lowest BCUT2D eigenvalue weighted by atomic mass is 10.1. The van der Waals surface area contributed by atoms with E-state index in [9.17, 15) is 4.79 Å². The highest BCUT2D eigenvalue weighted by atomic mass is 16.2. The second-order valence-electron chi connectivity index (χ2n) is 5.30. The first-order chi connectivity index (χ1) is 9.65. The van der Waals surface area contributed by atoms with Gasteiger partial charge in [0.25, 0.3) is 0 Å². The highest BCUT2D eigenvalue weighted by molar-refractivity contribution is 5.88. The van der Waals surface area contributed by atoms with Crippen molar-refractivity contribution in [1.29, 1.82) is 0 Å². The summed E-state index contributed by atoms with van der Waals surface area (Å²) in [6.45, 7) is 3.54. The van der Waals surface area contributed by atoms with Crippen LogP contribution in [0.4, 0.5) is 0 Å². The molecule has 0 atom stereocenters. The summed E-state index contributed by atoms with van der Waals surface area (Å²) in [5.74, 6) is 0.0812. The average molecular weight is 270 g/mol. The van der Waals surface area contributed by atoms with Crippen LogP contribution in [0.1, 0.15) is 25.3 Å². The van der Waals surface area contributed by atoms with Gasteiger partial charge in [-0.05, 0) is 25.3 Å². The maximum Gasteiger partial charge on any atom is 0.246 e. The van der Waals surface area contributed by atoms with Crippen molar-refractivity contribution in [3.8, 4) is 0 Å². The van der Waals surface area contributed by atoms with E-state index in [0.717, 1.165) is 37.1 Å². The van der Waals surface area contributed by atoms with E-state index in [1.807, 2.05) is 48.2 Å². The summed E-state index contributed by atoms with van der Waals surface area (Å²) >= 11 is 0. The molecular weight excluding hydrogens is 248 g/mol. The minimum atomic E-state index is 0.0812. The van der Waals surface area contributed by atoms with Gasteiger partial charge >= 0.3 is 0 Å². The van der Waals surface area contributed by atoms with Crippen LogP contribution in [0.25, 0.3) is 6.08 Å². The van der Waals surface area contributed by atoms with Gasteiger partial charge in [0, 0.05) is 25.2 Å². The van der Waals surface area contributed by atoms with Gasteiger partial charge in [0.2, 0.25) is 5.91 Å². The molecule has 0 spiro atoms. The summed E-state index contributed by atoms with van der Waals surface area (Å²) in [5, 5.41) is 0. The van der Waals surface area contributed by atoms with Crippen molar-refractivity contribution in [3.05, 3.63) is 53.6 Å².